The van der Waals surface area contributed by atoms with Crippen LogP contribution in [0.2, 0.25) is 10.0 Å². The van der Waals surface area contributed by atoms with E-state index in [1.807, 2.05) is 18.2 Å². The fourth-order valence-corrected chi connectivity index (χ4v) is 3.26. The van der Waals surface area contributed by atoms with Crippen LogP contribution in [0, 0.1) is 0 Å². The van der Waals surface area contributed by atoms with Crippen LogP contribution in [0.4, 0.5) is 0 Å². The SMILES string of the molecule is CCN(CC)CCN(Cc1ccc(Cl)c(Cl)c1)Cc1nnc(-c2ccco2)o1. The lowest BCUT2D eigenvalue weighted by Crippen LogP contribution is -2.34. The molecule has 3 rings (SSSR count). The van der Waals surface area contributed by atoms with E-state index < -0.39 is 0 Å². The predicted molar refractivity (Wildman–Crippen MR) is 110 cm³/mol. The summed E-state index contributed by atoms with van der Waals surface area (Å²) in [4.78, 5) is 4.64. The second-order valence-corrected chi connectivity index (χ2v) is 7.28. The van der Waals surface area contributed by atoms with Crippen LogP contribution < -0.4 is 0 Å². The molecule has 1 aromatic carbocycles. The van der Waals surface area contributed by atoms with Gasteiger partial charge in [0, 0.05) is 19.6 Å². The summed E-state index contributed by atoms with van der Waals surface area (Å²) in [6.07, 6.45) is 1.58. The minimum Gasteiger partial charge on any atom is -0.459 e. The van der Waals surface area contributed by atoms with Gasteiger partial charge in [0.05, 0.1) is 22.9 Å². The first-order valence-electron chi connectivity index (χ1n) is 9.34. The van der Waals surface area contributed by atoms with Crippen molar-refractivity contribution in [2.24, 2.45) is 0 Å². The molecule has 0 amide bonds. The smallest absolute Gasteiger partial charge is 0.283 e. The molecule has 0 aliphatic carbocycles. The maximum atomic E-state index is 6.18. The van der Waals surface area contributed by atoms with Crippen LogP contribution in [-0.2, 0) is 13.1 Å². The Morgan fingerprint density at radius 3 is 2.39 bits per heavy atom. The Morgan fingerprint density at radius 1 is 0.929 bits per heavy atom. The molecule has 0 aliphatic heterocycles. The molecule has 2 aromatic heterocycles. The zero-order valence-electron chi connectivity index (χ0n) is 16.1. The van der Waals surface area contributed by atoms with Crippen molar-refractivity contribution in [3.8, 4) is 11.7 Å². The zero-order valence-corrected chi connectivity index (χ0v) is 17.6. The largest absolute Gasteiger partial charge is 0.459 e. The van der Waals surface area contributed by atoms with E-state index in [-0.39, 0.29) is 0 Å². The summed E-state index contributed by atoms with van der Waals surface area (Å²) in [6, 6.07) is 9.30. The van der Waals surface area contributed by atoms with Gasteiger partial charge in [-0.3, -0.25) is 4.90 Å². The molecule has 0 atom stereocenters. The lowest BCUT2D eigenvalue weighted by molar-refractivity contribution is 0.188. The molecule has 8 heteroatoms. The Hall–Kier alpha value is -1.86. The predicted octanol–water partition coefficient (Wildman–Crippen LogP) is 4.98. The summed E-state index contributed by atoms with van der Waals surface area (Å²) in [6.45, 7) is 9.42. The van der Waals surface area contributed by atoms with Crippen molar-refractivity contribution in [2.45, 2.75) is 26.9 Å². The van der Waals surface area contributed by atoms with Crippen molar-refractivity contribution < 1.29 is 8.83 Å². The van der Waals surface area contributed by atoms with Gasteiger partial charge in [-0.05, 0) is 42.9 Å². The molecular weight excluding hydrogens is 399 g/mol. The van der Waals surface area contributed by atoms with Gasteiger partial charge >= 0.3 is 0 Å². The highest BCUT2D eigenvalue weighted by Gasteiger charge is 2.16. The maximum Gasteiger partial charge on any atom is 0.283 e. The Bertz CT molecular complexity index is 863. The van der Waals surface area contributed by atoms with E-state index >= 15 is 0 Å². The first-order chi connectivity index (χ1) is 13.6. The van der Waals surface area contributed by atoms with Crippen LogP contribution in [0.1, 0.15) is 25.3 Å². The van der Waals surface area contributed by atoms with Crippen LogP contribution in [0.15, 0.2) is 45.4 Å². The second kappa shape index (κ2) is 10.1. The molecule has 0 unspecified atom stereocenters. The molecule has 6 nitrogen and oxygen atoms in total. The molecule has 150 valence electrons. The summed E-state index contributed by atoms with van der Waals surface area (Å²) in [5.41, 5.74) is 1.08. The minimum atomic E-state index is 0.387. The number of hydrogen-bond acceptors (Lipinski definition) is 6. The van der Waals surface area contributed by atoms with Crippen LogP contribution in [0.25, 0.3) is 11.7 Å². The molecule has 0 N–H and O–H groups in total. The lowest BCUT2D eigenvalue weighted by atomic mass is 10.2. The number of nitrogens with zero attached hydrogens (tertiary/aromatic N) is 4. The molecule has 0 spiro atoms. The third-order valence-corrected chi connectivity index (χ3v) is 5.31. The number of rotatable bonds is 10. The fourth-order valence-electron chi connectivity index (χ4n) is 2.94. The molecule has 2 heterocycles. The number of halogens is 2. The van der Waals surface area contributed by atoms with Crippen LogP contribution in [0.3, 0.4) is 0 Å². The molecule has 0 fully saturated rings. The number of furan rings is 1. The summed E-state index contributed by atoms with van der Waals surface area (Å²) < 4.78 is 11.1. The summed E-state index contributed by atoms with van der Waals surface area (Å²) in [7, 11) is 0. The highest BCUT2D eigenvalue weighted by Crippen LogP contribution is 2.24. The van der Waals surface area contributed by atoms with Gasteiger partial charge in [0.1, 0.15) is 0 Å². The van der Waals surface area contributed by atoms with Crippen molar-refractivity contribution in [3.05, 3.63) is 58.1 Å². The van der Waals surface area contributed by atoms with Crippen molar-refractivity contribution >= 4 is 23.2 Å². The summed E-state index contributed by atoms with van der Waals surface area (Å²) in [5.74, 6) is 1.50. The number of benzene rings is 1. The Kier molecular flexibility index (Phi) is 7.50. The fraction of sp³-hybridized carbons (Fsp3) is 0.400. The quantitative estimate of drug-likeness (QED) is 0.459. The average molecular weight is 423 g/mol. The molecule has 0 saturated carbocycles. The van der Waals surface area contributed by atoms with Gasteiger partial charge in [-0.1, -0.05) is 43.1 Å². The van der Waals surface area contributed by atoms with Gasteiger partial charge in [0.25, 0.3) is 5.89 Å². The van der Waals surface area contributed by atoms with E-state index in [4.69, 9.17) is 32.0 Å². The van der Waals surface area contributed by atoms with E-state index in [1.54, 1.807) is 18.4 Å². The third kappa shape index (κ3) is 5.58. The monoisotopic (exact) mass is 422 g/mol. The number of aromatic nitrogens is 2. The Balaban J connectivity index is 1.72. The second-order valence-electron chi connectivity index (χ2n) is 6.46. The van der Waals surface area contributed by atoms with Crippen molar-refractivity contribution in [1.82, 2.24) is 20.0 Å². The standard InChI is InChI=1S/C20H24Cl2N4O2/c1-3-25(4-2)9-10-26(13-15-7-8-16(21)17(22)12-15)14-19-23-24-20(28-19)18-6-5-11-27-18/h5-8,11-12H,3-4,9-10,13-14H2,1-2H3. The normalized spacial score (nSPS) is 11.6. The summed E-state index contributed by atoms with van der Waals surface area (Å²) in [5, 5.41) is 9.37. The maximum absolute atomic E-state index is 6.18. The van der Waals surface area contributed by atoms with Crippen molar-refractivity contribution in [3.63, 3.8) is 0 Å². The molecule has 0 bridgehead atoms. The average Bonchev–Trinajstić information content (AvgIpc) is 3.37. The molecular formula is C20H24Cl2N4O2. The Morgan fingerprint density at radius 2 is 1.71 bits per heavy atom. The van der Waals surface area contributed by atoms with Gasteiger partial charge in [-0.25, -0.2) is 0 Å². The van der Waals surface area contributed by atoms with E-state index in [0.29, 0.717) is 40.7 Å². The van der Waals surface area contributed by atoms with Gasteiger partial charge in [-0.2, -0.15) is 0 Å². The number of likely N-dealkylation sites (N-methyl/N-ethyl adjacent to an activating group) is 1. The van der Waals surface area contributed by atoms with E-state index in [1.165, 1.54) is 0 Å². The van der Waals surface area contributed by atoms with Gasteiger partial charge < -0.3 is 13.7 Å². The van der Waals surface area contributed by atoms with E-state index in [0.717, 1.165) is 31.7 Å². The van der Waals surface area contributed by atoms with Crippen LogP contribution in [-0.4, -0.2) is 46.2 Å². The summed E-state index contributed by atoms with van der Waals surface area (Å²) >= 11 is 12.2. The zero-order chi connectivity index (χ0) is 19.9. The van der Waals surface area contributed by atoms with Gasteiger partial charge in [0.15, 0.2) is 5.76 Å². The molecule has 3 aromatic rings. The molecule has 0 saturated heterocycles. The van der Waals surface area contributed by atoms with Crippen LogP contribution in [0.5, 0.6) is 0 Å². The van der Waals surface area contributed by atoms with E-state index in [9.17, 15) is 0 Å². The van der Waals surface area contributed by atoms with Crippen LogP contribution >= 0.6 is 23.2 Å². The topological polar surface area (TPSA) is 58.5 Å². The Labute approximate surface area is 175 Å². The minimum absolute atomic E-state index is 0.387. The first-order valence-corrected chi connectivity index (χ1v) is 10.1. The van der Waals surface area contributed by atoms with Gasteiger partial charge in [0.2, 0.25) is 5.89 Å². The first kappa shape index (κ1) is 20.9. The van der Waals surface area contributed by atoms with E-state index in [2.05, 4.69) is 33.8 Å². The highest BCUT2D eigenvalue weighted by molar-refractivity contribution is 6.42. The third-order valence-electron chi connectivity index (χ3n) is 4.57. The van der Waals surface area contributed by atoms with Crippen molar-refractivity contribution in [1.29, 1.82) is 0 Å². The van der Waals surface area contributed by atoms with Gasteiger partial charge in [-0.15, -0.1) is 10.2 Å². The molecule has 0 aliphatic rings. The highest BCUT2D eigenvalue weighted by atomic mass is 35.5. The number of hydrogen-bond donors (Lipinski definition) is 0. The molecule has 0 radical (unpaired) electrons. The van der Waals surface area contributed by atoms with Crippen molar-refractivity contribution in [2.75, 3.05) is 26.2 Å². The lowest BCUT2D eigenvalue weighted by Gasteiger charge is -2.25. The molecule has 28 heavy (non-hydrogen) atoms.